The maximum absolute atomic E-state index is 12.9. The fraction of sp³-hybridized carbons (Fsp3) is 0.562. The van der Waals surface area contributed by atoms with Gasteiger partial charge in [0.1, 0.15) is 0 Å². The Balaban J connectivity index is 0.00000192. The zero-order chi connectivity index (χ0) is 15.7. The van der Waals surface area contributed by atoms with Crippen molar-refractivity contribution < 1.29 is 9.32 Å². The monoisotopic (exact) mass is 338 g/mol. The van der Waals surface area contributed by atoms with Crippen LogP contribution < -0.4 is 5.32 Å². The summed E-state index contributed by atoms with van der Waals surface area (Å²) in [6, 6.07) is 1.84. The molecule has 2 aromatic heterocycles. The van der Waals surface area contributed by atoms with Crippen molar-refractivity contribution >= 4 is 29.4 Å². The molecule has 126 valence electrons. The van der Waals surface area contributed by atoms with E-state index in [1.54, 1.807) is 0 Å². The predicted molar refractivity (Wildman–Crippen MR) is 91.1 cm³/mol. The van der Waals surface area contributed by atoms with Gasteiger partial charge in [0.2, 0.25) is 0 Å². The molecule has 0 bridgehead atoms. The number of amides is 1. The van der Waals surface area contributed by atoms with Gasteiger partial charge in [-0.3, -0.25) is 4.79 Å². The molecular formula is C16H23ClN4O2. The normalized spacial score (nSPS) is 15.7. The van der Waals surface area contributed by atoms with E-state index in [1.165, 1.54) is 0 Å². The van der Waals surface area contributed by atoms with Gasteiger partial charge in [0, 0.05) is 18.8 Å². The summed E-state index contributed by atoms with van der Waals surface area (Å²) in [4.78, 5) is 19.1. The lowest BCUT2D eigenvalue weighted by Gasteiger charge is -2.32. The molecule has 1 fully saturated rings. The number of likely N-dealkylation sites (tertiary alicyclic amines) is 1. The minimum Gasteiger partial charge on any atom is -0.339 e. The summed E-state index contributed by atoms with van der Waals surface area (Å²) in [5.41, 5.74) is 2.60. The summed E-state index contributed by atoms with van der Waals surface area (Å²) >= 11 is 0. The van der Waals surface area contributed by atoms with Gasteiger partial charge in [0.15, 0.2) is 0 Å². The van der Waals surface area contributed by atoms with Crippen molar-refractivity contribution in [2.45, 2.75) is 26.7 Å². The number of pyridine rings is 1. The topological polar surface area (TPSA) is 71.3 Å². The quantitative estimate of drug-likeness (QED) is 0.930. The third kappa shape index (κ3) is 3.48. The molecule has 1 aliphatic rings. The van der Waals surface area contributed by atoms with Gasteiger partial charge in [-0.25, -0.2) is 4.98 Å². The molecular weight excluding hydrogens is 316 g/mol. The highest BCUT2D eigenvalue weighted by molar-refractivity contribution is 6.06. The minimum atomic E-state index is 0. The highest BCUT2D eigenvalue weighted by atomic mass is 35.5. The third-order valence-corrected chi connectivity index (χ3v) is 4.37. The number of nitrogens with zero attached hydrogens (tertiary/aromatic N) is 3. The molecule has 0 aliphatic carbocycles. The Hall–Kier alpha value is -1.66. The van der Waals surface area contributed by atoms with E-state index < -0.39 is 0 Å². The fourth-order valence-corrected chi connectivity index (χ4v) is 3.19. The van der Waals surface area contributed by atoms with E-state index in [0.29, 0.717) is 17.2 Å². The molecule has 0 spiro atoms. The number of rotatable bonds is 3. The van der Waals surface area contributed by atoms with Crippen LogP contribution in [0.2, 0.25) is 0 Å². The number of halogens is 1. The van der Waals surface area contributed by atoms with Crippen molar-refractivity contribution in [2.24, 2.45) is 5.92 Å². The summed E-state index contributed by atoms with van der Waals surface area (Å²) in [5, 5.41) is 7.90. The molecule has 3 rings (SSSR count). The predicted octanol–water partition coefficient (Wildman–Crippen LogP) is 2.33. The summed E-state index contributed by atoms with van der Waals surface area (Å²) < 4.78 is 5.22. The lowest BCUT2D eigenvalue weighted by atomic mass is 9.96. The lowest BCUT2D eigenvalue weighted by molar-refractivity contribution is 0.0692. The largest absolute Gasteiger partial charge is 0.339 e. The Kier molecular flexibility index (Phi) is 5.59. The van der Waals surface area contributed by atoms with E-state index in [4.69, 9.17) is 4.52 Å². The standard InChI is InChI=1S/C16H22N4O2.ClH/c1-10-8-13(14-11(2)19-22-15(14)18-10)16(21)20-6-4-12(5-7-20)9-17-3;/h8,12,17H,4-7,9H2,1-3H3;1H. The first-order chi connectivity index (χ1) is 10.6. The Labute approximate surface area is 142 Å². The van der Waals surface area contributed by atoms with Crippen LogP contribution >= 0.6 is 12.4 Å². The molecule has 0 unspecified atom stereocenters. The van der Waals surface area contributed by atoms with Crippen LogP contribution in [0.25, 0.3) is 11.1 Å². The van der Waals surface area contributed by atoms with Gasteiger partial charge in [0.25, 0.3) is 11.6 Å². The minimum absolute atomic E-state index is 0. The van der Waals surface area contributed by atoms with Gasteiger partial charge in [-0.1, -0.05) is 5.16 Å². The molecule has 0 aromatic carbocycles. The number of hydrogen-bond donors (Lipinski definition) is 1. The first kappa shape index (κ1) is 17.7. The van der Waals surface area contributed by atoms with E-state index in [-0.39, 0.29) is 18.3 Å². The van der Waals surface area contributed by atoms with Crippen LogP contribution in [0, 0.1) is 19.8 Å². The van der Waals surface area contributed by atoms with E-state index in [0.717, 1.165) is 49.2 Å². The SMILES string of the molecule is CNCC1CCN(C(=O)c2cc(C)nc3onc(C)c23)CC1.Cl. The van der Waals surface area contributed by atoms with Crippen molar-refractivity contribution in [2.75, 3.05) is 26.7 Å². The molecule has 1 saturated heterocycles. The van der Waals surface area contributed by atoms with Crippen LogP contribution in [-0.4, -0.2) is 47.6 Å². The number of piperidine rings is 1. The van der Waals surface area contributed by atoms with Crippen LogP contribution in [0.3, 0.4) is 0 Å². The van der Waals surface area contributed by atoms with Crippen LogP contribution in [0.15, 0.2) is 10.6 Å². The highest BCUT2D eigenvalue weighted by Gasteiger charge is 2.26. The number of hydrogen-bond acceptors (Lipinski definition) is 5. The van der Waals surface area contributed by atoms with Crippen molar-refractivity contribution in [1.29, 1.82) is 0 Å². The van der Waals surface area contributed by atoms with Gasteiger partial charge < -0.3 is 14.7 Å². The van der Waals surface area contributed by atoms with E-state index in [1.807, 2.05) is 31.9 Å². The van der Waals surface area contributed by atoms with Crippen LogP contribution in [-0.2, 0) is 0 Å². The van der Waals surface area contributed by atoms with E-state index in [2.05, 4.69) is 15.5 Å². The molecule has 0 radical (unpaired) electrons. The third-order valence-electron chi connectivity index (χ3n) is 4.37. The van der Waals surface area contributed by atoms with Gasteiger partial charge in [-0.2, -0.15) is 0 Å². The van der Waals surface area contributed by atoms with Gasteiger partial charge in [0.05, 0.1) is 16.6 Å². The second-order valence-corrected chi connectivity index (χ2v) is 6.05. The summed E-state index contributed by atoms with van der Waals surface area (Å²) in [5.74, 6) is 0.718. The first-order valence-corrected chi connectivity index (χ1v) is 7.77. The number of carbonyl (C=O) groups is 1. The lowest BCUT2D eigenvalue weighted by Crippen LogP contribution is -2.40. The van der Waals surface area contributed by atoms with Crippen molar-refractivity contribution in [3.63, 3.8) is 0 Å². The van der Waals surface area contributed by atoms with Gasteiger partial charge >= 0.3 is 0 Å². The van der Waals surface area contributed by atoms with Gasteiger partial charge in [-0.05, 0) is 52.3 Å². The summed E-state index contributed by atoms with van der Waals surface area (Å²) in [6.45, 7) is 6.34. The maximum Gasteiger partial charge on any atom is 0.258 e. The molecule has 3 heterocycles. The zero-order valence-electron chi connectivity index (χ0n) is 13.8. The Morgan fingerprint density at radius 1 is 1.39 bits per heavy atom. The van der Waals surface area contributed by atoms with Crippen molar-refractivity contribution in [1.82, 2.24) is 20.4 Å². The number of aromatic nitrogens is 2. The average Bonchev–Trinajstić information content (AvgIpc) is 2.88. The highest BCUT2D eigenvalue weighted by Crippen LogP contribution is 2.25. The van der Waals surface area contributed by atoms with Crippen LogP contribution in [0.1, 0.15) is 34.6 Å². The number of aryl methyl sites for hydroxylation is 2. The smallest absolute Gasteiger partial charge is 0.258 e. The fourth-order valence-electron chi connectivity index (χ4n) is 3.19. The summed E-state index contributed by atoms with van der Waals surface area (Å²) in [7, 11) is 1.97. The molecule has 0 saturated carbocycles. The van der Waals surface area contributed by atoms with Crippen molar-refractivity contribution in [3.8, 4) is 0 Å². The summed E-state index contributed by atoms with van der Waals surface area (Å²) in [6.07, 6.45) is 2.09. The van der Waals surface area contributed by atoms with Gasteiger partial charge in [-0.15, -0.1) is 12.4 Å². The van der Waals surface area contributed by atoms with E-state index >= 15 is 0 Å². The maximum atomic E-state index is 12.9. The number of nitrogens with one attached hydrogen (secondary N) is 1. The van der Waals surface area contributed by atoms with Crippen LogP contribution in [0.4, 0.5) is 0 Å². The molecule has 0 atom stereocenters. The second-order valence-electron chi connectivity index (χ2n) is 6.05. The second kappa shape index (κ2) is 7.27. The molecule has 2 aromatic rings. The number of fused-ring (bicyclic) bond motifs is 1. The Bertz CT molecular complexity index is 693. The van der Waals surface area contributed by atoms with E-state index in [9.17, 15) is 4.79 Å². The molecule has 1 amide bonds. The first-order valence-electron chi connectivity index (χ1n) is 7.77. The van der Waals surface area contributed by atoms with Crippen LogP contribution in [0.5, 0.6) is 0 Å². The molecule has 6 nitrogen and oxygen atoms in total. The average molecular weight is 339 g/mol. The van der Waals surface area contributed by atoms with Crippen molar-refractivity contribution in [3.05, 3.63) is 23.0 Å². The Morgan fingerprint density at radius 2 is 2.09 bits per heavy atom. The molecule has 23 heavy (non-hydrogen) atoms. The zero-order valence-corrected chi connectivity index (χ0v) is 14.6. The number of carbonyl (C=O) groups excluding carboxylic acids is 1. The molecule has 1 N–H and O–H groups in total. The molecule has 1 aliphatic heterocycles. The Morgan fingerprint density at radius 3 is 2.74 bits per heavy atom. The molecule has 7 heteroatoms.